The van der Waals surface area contributed by atoms with Crippen LogP contribution in [0.1, 0.15) is 15.9 Å². The van der Waals surface area contributed by atoms with Crippen molar-refractivity contribution in [3.05, 3.63) is 88.3 Å². The van der Waals surface area contributed by atoms with Gasteiger partial charge in [-0.15, -0.1) is 0 Å². The maximum Gasteiger partial charge on any atom is 0.338 e. The minimum absolute atomic E-state index is 0.0174. The highest BCUT2D eigenvalue weighted by Gasteiger charge is 2.13. The monoisotopic (exact) mass is 346 g/mol. The molecule has 0 atom stereocenters. The molecule has 0 aliphatic carbocycles. The van der Waals surface area contributed by atoms with Crippen LogP contribution in [0.3, 0.4) is 0 Å². The first-order valence-corrected chi connectivity index (χ1v) is 8.02. The molecule has 1 heterocycles. The number of ether oxygens (including phenoxy) is 1. The number of hydrogen-bond donors (Lipinski definition) is 1. The van der Waals surface area contributed by atoms with E-state index in [0.717, 1.165) is 16.2 Å². The molecule has 3 aromatic carbocycles. The van der Waals surface area contributed by atoms with Crippen LogP contribution in [0.2, 0.25) is 0 Å². The van der Waals surface area contributed by atoms with Crippen LogP contribution < -0.4 is 5.63 Å². The van der Waals surface area contributed by atoms with Gasteiger partial charge in [0.05, 0.1) is 5.56 Å². The Morgan fingerprint density at radius 1 is 1.00 bits per heavy atom. The Bertz CT molecular complexity index is 1190. The van der Waals surface area contributed by atoms with Crippen molar-refractivity contribution in [3.8, 4) is 5.75 Å². The number of rotatable bonds is 3. The maximum atomic E-state index is 12.2. The van der Waals surface area contributed by atoms with E-state index in [0.29, 0.717) is 11.1 Å². The van der Waals surface area contributed by atoms with Crippen molar-refractivity contribution >= 4 is 27.7 Å². The number of hydrogen-bond acceptors (Lipinski definition) is 5. The second-order valence-corrected chi connectivity index (χ2v) is 5.88. The first-order valence-electron chi connectivity index (χ1n) is 8.02. The lowest BCUT2D eigenvalue weighted by molar-refractivity contribution is 0.0473. The third-order valence-electron chi connectivity index (χ3n) is 4.16. The lowest BCUT2D eigenvalue weighted by atomic mass is 10.0. The van der Waals surface area contributed by atoms with Crippen LogP contribution >= 0.6 is 0 Å². The van der Waals surface area contributed by atoms with Gasteiger partial charge in [0.15, 0.2) is 0 Å². The number of phenolic OH excluding ortho intramolecular Hbond substituents is 1. The molecule has 0 amide bonds. The van der Waals surface area contributed by atoms with Crippen LogP contribution in [0.25, 0.3) is 21.7 Å². The van der Waals surface area contributed by atoms with E-state index >= 15 is 0 Å². The molecule has 128 valence electrons. The molecule has 5 nitrogen and oxygen atoms in total. The lowest BCUT2D eigenvalue weighted by Crippen LogP contribution is -2.08. The summed E-state index contributed by atoms with van der Waals surface area (Å²) in [7, 11) is 0. The van der Waals surface area contributed by atoms with E-state index in [9.17, 15) is 14.7 Å². The van der Waals surface area contributed by atoms with E-state index in [1.165, 1.54) is 18.2 Å². The molecule has 0 unspecified atom stereocenters. The highest BCUT2D eigenvalue weighted by Crippen LogP contribution is 2.28. The molecule has 5 heteroatoms. The van der Waals surface area contributed by atoms with Crippen LogP contribution in [0.15, 0.2) is 75.9 Å². The fourth-order valence-electron chi connectivity index (χ4n) is 2.99. The molecule has 0 aliphatic rings. The van der Waals surface area contributed by atoms with Crippen molar-refractivity contribution in [3.63, 3.8) is 0 Å². The number of esters is 1. The molecular formula is C21H14O5. The number of benzene rings is 3. The van der Waals surface area contributed by atoms with Crippen molar-refractivity contribution in [1.29, 1.82) is 0 Å². The largest absolute Gasteiger partial charge is 0.508 e. The molecule has 0 radical (unpaired) electrons. The highest BCUT2D eigenvalue weighted by atomic mass is 16.5. The number of carbonyl (C=O) groups excluding carboxylic acids is 1. The lowest BCUT2D eigenvalue weighted by Gasteiger charge is -2.10. The summed E-state index contributed by atoms with van der Waals surface area (Å²) < 4.78 is 10.6. The Morgan fingerprint density at radius 2 is 1.85 bits per heavy atom. The summed E-state index contributed by atoms with van der Waals surface area (Å²) in [4.78, 5) is 24.1. The number of carbonyl (C=O) groups is 1. The zero-order valence-corrected chi connectivity index (χ0v) is 13.6. The van der Waals surface area contributed by atoms with Gasteiger partial charge in [-0.05, 0) is 35.0 Å². The smallest absolute Gasteiger partial charge is 0.338 e. The van der Waals surface area contributed by atoms with Crippen molar-refractivity contribution in [1.82, 2.24) is 0 Å². The van der Waals surface area contributed by atoms with Gasteiger partial charge in [0.2, 0.25) is 0 Å². The maximum absolute atomic E-state index is 12.2. The van der Waals surface area contributed by atoms with Gasteiger partial charge < -0.3 is 14.3 Å². The van der Waals surface area contributed by atoms with Gasteiger partial charge in [-0.3, -0.25) is 0 Å². The molecule has 4 rings (SSSR count). The Hall–Kier alpha value is -3.60. The number of fused-ring (bicyclic) bond motifs is 3. The van der Waals surface area contributed by atoms with Crippen LogP contribution in [0, 0.1) is 0 Å². The molecule has 0 saturated carbocycles. The highest BCUT2D eigenvalue weighted by molar-refractivity contribution is 6.07. The van der Waals surface area contributed by atoms with E-state index in [1.807, 2.05) is 30.3 Å². The molecule has 0 aliphatic heterocycles. The van der Waals surface area contributed by atoms with E-state index < -0.39 is 11.6 Å². The van der Waals surface area contributed by atoms with Crippen molar-refractivity contribution < 1.29 is 19.1 Å². The molecule has 0 saturated heterocycles. The quantitative estimate of drug-likeness (QED) is 0.345. The summed E-state index contributed by atoms with van der Waals surface area (Å²) in [5, 5.41) is 12.1. The predicted octanol–water partition coefficient (Wildman–Crippen LogP) is 4.01. The molecule has 1 N–H and O–H groups in total. The van der Waals surface area contributed by atoms with Crippen LogP contribution in [0.4, 0.5) is 0 Å². The van der Waals surface area contributed by atoms with Gasteiger partial charge in [-0.2, -0.15) is 0 Å². The molecule has 4 aromatic rings. The summed E-state index contributed by atoms with van der Waals surface area (Å²) in [6, 6.07) is 18.6. The summed E-state index contributed by atoms with van der Waals surface area (Å²) in [5.74, 6) is -0.598. The number of aromatic hydroxyl groups is 1. The third-order valence-corrected chi connectivity index (χ3v) is 4.16. The summed E-state index contributed by atoms with van der Waals surface area (Å²) in [6.07, 6.45) is 0. The van der Waals surface area contributed by atoms with Gasteiger partial charge in [0.1, 0.15) is 17.9 Å². The summed E-state index contributed by atoms with van der Waals surface area (Å²) in [6.45, 7) is -0.0788. The Labute approximate surface area is 148 Å². The molecule has 0 bridgehead atoms. The molecular weight excluding hydrogens is 332 g/mol. The average molecular weight is 346 g/mol. The first-order chi connectivity index (χ1) is 12.6. The van der Waals surface area contributed by atoms with Crippen LogP contribution in [-0.4, -0.2) is 11.1 Å². The van der Waals surface area contributed by atoms with Gasteiger partial charge in [0.25, 0.3) is 0 Å². The van der Waals surface area contributed by atoms with E-state index in [4.69, 9.17) is 9.15 Å². The van der Waals surface area contributed by atoms with E-state index in [1.54, 1.807) is 18.2 Å². The van der Waals surface area contributed by atoms with Crippen molar-refractivity contribution in [2.24, 2.45) is 0 Å². The zero-order chi connectivity index (χ0) is 18.1. The van der Waals surface area contributed by atoms with Gasteiger partial charge >= 0.3 is 11.6 Å². The van der Waals surface area contributed by atoms with E-state index in [2.05, 4.69) is 0 Å². The van der Waals surface area contributed by atoms with Gasteiger partial charge in [-0.1, -0.05) is 36.4 Å². The Morgan fingerprint density at radius 3 is 2.69 bits per heavy atom. The predicted molar refractivity (Wildman–Crippen MR) is 97.2 cm³/mol. The second kappa shape index (κ2) is 6.37. The SMILES string of the molecule is O=C(OCc1cc(=O)oc2ccc3ccccc3c12)c1cccc(O)c1. The van der Waals surface area contributed by atoms with Crippen molar-refractivity contribution in [2.45, 2.75) is 6.61 Å². The third kappa shape index (κ3) is 2.91. The zero-order valence-electron chi connectivity index (χ0n) is 13.6. The fourth-order valence-corrected chi connectivity index (χ4v) is 2.99. The van der Waals surface area contributed by atoms with Crippen LogP contribution in [-0.2, 0) is 11.3 Å². The fraction of sp³-hybridized carbons (Fsp3) is 0.0476. The topological polar surface area (TPSA) is 76.7 Å². The van der Waals surface area contributed by atoms with Gasteiger partial charge in [-0.25, -0.2) is 9.59 Å². The van der Waals surface area contributed by atoms with Crippen molar-refractivity contribution in [2.75, 3.05) is 0 Å². The molecule has 0 fully saturated rings. The normalized spacial score (nSPS) is 10.9. The Kier molecular flexibility index (Phi) is 3.89. The van der Waals surface area contributed by atoms with E-state index in [-0.39, 0.29) is 17.9 Å². The second-order valence-electron chi connectivity index (χ2n) is 5.88. The molecule has 0 spiro atoms. The Balaban J connectivity index is 1.75. The standard InChI is InChI=1S/C21H14O5/c22-16-6-3-5-14(10-16)21(24)25-12-15-11-19(23)26-18-9-8-13-4-1-2-7-17(13)20(15)18/h1-11,22H,12H2. The molecule has 26 heavy (non-hydrogen) atoms. The molecule has 1 aromatic heterocycles. The average Bonchev–Trinajstić information content (AvgIpc) is 2.65. The summed E-state index contributed by atoms with van der Waals surface area (Å²) in [5.41, 5.74) is 0.750. The van der Waals surface area contributed by atoms with Crippen LogP contribution in [0.5, 0.6) is 5.75 Å². The minimum Gasteiger partial charge on any atom is -0.508 e. The summed E-state index contributed by atoms with van der Waals surface area (Å²) >= 11 is 0. The first kappa shape index (κ1) is 15.9. The van der Waals surface area contributed by atoms with Gasteiger partial charge in [0, 0.05) is 17.0 Å². The number of phenols is 1. The minimum atomic E-state index is -0.581.